The van der Waals surface area contributed by atoms with Gasteiger partial charge in [-0.25, -0.2) is 0 Å². The largest absolute Gasteiger partial charge is 0.493 e. The molecule has 228 valence electrons. The molecule has 10 nitrogen and oxygen atoms in total. The molecule has 0 unspecified atom stereocenters. The number of aromatic hydroxyl groups is 2. The van der Waals surface area contributed by atoms with Crippen molar-refractivity contribution in [1.82, 2.24) is 9.13 Å². The summed E-state index contributed by atoms with van der Waals surface area (Å²) in [5, 5.41) is 39.2. The van der Waals surface area contributed by atoms with E-state index in [4.69, 9.17) is 0 Å². The lowest BCUT2D eigenvalue weighted by Gasteiger charge is -2.09. The first-order chi connectivity index (χ1) is 20.5. The van der Waals surface area contributed by atoms with Crippen molar-refractivity contribution in [3.8, 4) is 11.8 Å². The van der Waals surface area contributed by atoms with Crippen LogP contribution in [0.3, 0.4) is 0 Å². The Morgan fingerprint density at radius 3 is 1.47 bits per heavy atom. The number of aryl methyl sites for hydroxylation is 4. The molecule has 4 rings (SSSR count). The van der Waals surface area contributed by atoms with Crippen LogP contribution in [0, 0.1) is 25.7 Å². The van der Waals surface area contributed by atoms with Crippen LogP contribution in [0.2, 0.25) is 0 Å². The number of amides is 2. The summed E-state index contributed by atoms with van der Waals surface area (Å²) in [6.07, 6.45) is 1.97. The Labute approximate surface area is 252 Å². The molecule has 0 radical (unpaired) electrons. The number of rotatable bonds is 12. The zero-order chi connectivity index (χ0) is 31.3. The van der Waals surface area contributed by atoms with E-state index < -0.39 is 11.8 Å². The third kappa shape index (κ3) is 7.55. The maximum Gasteiger partial charge on any atom is 0.264 e. The molecule has 2 amide bonds. The molecule has 2 aromatic carbocycles. The average Bonchev–Trinajstić information content (AvgIpc) is 3.35. The topological polar surface area (TPSA) is 134 Å². The van der Waals surface area contributed by atoms with Crippen LogP contribution in [0.1, 0.15) is 70.9 Å². The number of hydrogen-bond acceptors (Lipinski definition) is 6. The molecule has 0 bridgehead atoms. The van der Waals surface area contributed by atoms with E-state index in [9.17, 15) is 19.8 Å². The van der Waals surface area contributed by atoms with Gasteiger partial charge in [-0.05, 0) is 69.2 Å². The van der Waals surface area contributed by atoms with E-state index >= 15 is 0 Å². The van der Waals surface area contributed by atoms with Gasteiger partial charge in [0.2, 0.25) is 11.8 Å². The summed E-state index contributed by atoms with van der Waals surface area (Å²) < 4.78 is 3.61. The van der Waals surface area contributed by atoms with Crippen LogP contribution in [0.5, 0.6) is 11.8 Å². The van der Waals surface area contributed by atoms with Gasteiger partial charge in [-0.2, -0.15) is 0 Å². The van der Waals surface area contributed by atoms with Crippen LogP contribution < -0.4 is 0 Å². The molecule has 0 saturated carbocycles. The van der Waals surface area contributed by atoms with Crippen LogP contribution in [0.15, 0.2) is 56.9 Å². The highest BCUT2D eigenvalue weighted by molar-refractivity contribution is 5.96. The lowest BCUT2D eigenvalue weighted by molar-refractivity contribution is -0.119. The van der Waals surface area contributed by atoms with Gasteiger partial charge in [0.15, 0.2) is 11.4 Å². The molecule has 2 heterocycles. The van der Waals surface area contributed by atoms with E-state index in [1.807, 2.05) is 50.2 Å². The second-order valence-electron chi connectivity index (χ2n) is 12.1. The molecule has 0 aliphatic rings. The molecule has 0 atom stereocenters. The van der Waals surface area contributed by atoms with Crippen molar-refractivity contribution in [2.24, 2.45) is 32.3 Å². The highest BCUT2D eigenvalue weighted by Crippen LogP contribution is 2.41. The Kier molecular flexibility index (Phi) is 10.1. The Balaban J connectivity index is 1.40. The van der Waals surface area contributed by atoms with Gasteiger partial charge in [0, 0.05) is 36.7 Å². The van der Waals surface area contributed by atoms with Gasteiger partial charge in [0.1, 0.15) is 0 Å². The molecule has 0 aliphatic carbocycles. The van der Waals surface area contributed by atoms with Crippen molar-refractivity contribution in [2.45, 2.75) is 86.7 Å². The second-order valence-corrected chi connectivity index (χ2v) is 12.1. The molecule has 0 spiro atoms. The van der Waals surface area contributed by atoms with Crippen molar-refractivity contribution < 1.29 is 19.8 Å². The zero-order valence-corrected chi connectivity index (χ0v) is 26.0. The summed E-state index contributed by atoms with van der Waals surface area (Å²) in [7, 11) is 0. The highest BCUT2D eigenvalue weighted by atomic mass is 16.3. The van der Waals surface area contributed by atoms with Crippen molar-refractivity contribution in [3.05, 3.63) is 47.5 Å². The summed E-state index contributed by atoms with van der Waals surface area (Å²) in [5.74, 6) is -0.111. The highest BCUT2D eigenvalue weighted by Gasteiger charge is 2.19. The number of carbonyl (C=O) groups is 2. The van der Waals surface area contributed by atoms with Crippen molar-refractivity contribution in [2.75, 3.05) is 0 Å². The van der Waals surface area contributed by atoms with E-state index in [1.165, 1.54) is 0 Å². The fourth-order valence-electron chi connectivity index (χ4n) is 5.00. The number of aromatic nitrogens is 2. The summed E-state index contributed by atoms with van der Waals surface area (Å²) in [6, 6.07) is 11.7. The molecule has 0 aliphatic heterocycles. The van der Waals surface area contributed by atoms with Gasteiger partial charge in [-0.3, -0.25) is 9.59 Å². The first-order valence-corrected chi connectivity index (χ1v) is 15.0. The minimum Gasteiger partial charge on any atom is -0.493 e. The maximum absolute atomic E-state index is 12.5. The van der Waals surface area contributed by atoms with Crippen molar-refractivity contribution in [1.29, 1.82) is 0 Å². The first kappa shape index (κ1) is 31.6. The van der Waals surface area contributed by atoms with Crippen LogP contribution in [0.4, 0.5) is 11.4 Å². The third-order valence-electron chi connectivity index (χ3n) is 7.50. The Hall–Kier alpha value is -4.34. The van der Waals surface area contributed by atoms with Crippen LogP contribution in [-0.2, 0) is 22.7 Å². The van der Waals surface area contributed by atoms with Gasteiger partial charge >= 0.3 is 0 Å². The number of carbonyl (C=O) groups excluding carboxylic acids is 2. The van der Waals surface area contributed by atoms with E-state index in [0.717, 1.165) is 45.8 Å². The van der Waals surface area contributed by atoms with Gasteiger partial charge in [-0.1, -0.05) is 51.0 Å². The van der Waals surface area contributed by atoms with Gasteiger partial charge in [0.05, 0.1) is 11.0 Å². The number of nitrogens with zero attached hydrogens (tertiary/aromatic N) is 6. The fraction of sp³-hybridized carbons (Fsp3) is 0.455. The molecule has 2 aromatic heterocycles. The molecular formula is C33H42N6O4. The molecule has 2 N–H and O–H groups in total. The predicted molar refractivity (Wildman–Crippen MR) is 168 cm³/mol. The van der Waals surface area contributed by atoms with E-state index in [1.54, 1.807) is 9.13 Å². The lowest BCUT2D eigenvalue weighted by Crippen LogP contribution is -2.00. The van der Waals surface area contributed by atoms with Gasteiger partial charge < -0.3 is 19.3 Å². The first-order valence-electron chi connectivity index (χ1n) is 15.0. The molecule has 0 saturated heterocycles. The number of azo groups is 2. The summed E-state index contributed by atoms with van der Waals surface area (Å²) in [5.41, 5.74) is 4.22. The number of hydrogen-bond donors (Lipinski definition) is 2. The summed E-state index contributed by atoms with van der Waals surface area (Å²) in [4.78, 5) is 25.0. The quantitative estimate of drug-likeness (QED) is 0.160. The van der Waals surface area contributed by atoms with E-state index in [-0.39, 0.29) is 42.4 Å². The maximum atomic E-state index is 12.5. The Bertz CT molecular complexity index is 1570. The second kappa shape index (κ2) is 13.8. The number of fused-ring (bicyclic) bond motifs is 2. The van der Waals surface area contributed by atoms with Crippen LogP contribution in [0.25, 0.3) is 21.8 Å². The zero-order valence-electron chi connectivity index (χ0n) is 26.0. The SMILES string of the molecule is Cc1ccc2c(c1)c(N=NC(=O)CCCC(=O)N=Nc1c(O)n(CCC(C)C)c3ccc(C)cc13)c(O)n2CCC(C)C. The Morgan fingerprint density at radius 1 is 0.698 bits per heavy atom. The molecule has 0 fully saturated rings. The smallest absolute Gasteiger partial charge is 0.264 e. The third-order valence-corrected chi connectivity index (χ3v) is 7.50. The minimum absolute atomic E-state index is 0.00447. The fourth-order valence-corrected chi connectivity index (χ4v) is 5.00. The van der Waals surface area contributed by atoms with Crippen molar-refractivity contribution in [3.63, 3.8) is 0 Å². The normalized spacial score (nSPS) is 12.3. The average molecular weight is 587 g/mol. The summed E-state index contributed by atoms with van der Waals surface area (Å²) in [6.45, 7) is 13.6. The Morgan fingerprint density at radius 2 is 1.09 bits per heavy atom. The summed E-state index contributed by atoms with van der Waals surface area (Å²) >= 11 is 0. The standard InChI is InChI=1S/C33H42N6O4/c1-20(2)14-16-38-26-12-10-22(5)18-24(26)30(32(38)42)36-34-28(40)8-7-9-29(41)35-37-31-25-19-23(6)11-13-27(25)39(33(31)43)17-15-21(3)4/h10-13,18-21,42-43H,7-9,14-17H2,1-6H3. The van der Waals surface area contributed by atoms with Gasteiger partial charge in [0.25, 0.3) is 11.8 Å². The lowest BCUT2D eigenvalue weighted by atomic mass is 10.1. The van der Waals surface area contributed by atoms with E-state index in [2.05, 4.69) is 48.2 Å². The minimum atomic E-state index is -0.499. The molecule has 4 aromatic rings. The molecule has 43 heavy (non-hydrogen) atoms. The number of benzene rings is 2. The van der Waals surface area contributed by atoms with Crippen LogP contribution >= 0.6 is 0 Å². The predicted octanol–water partition coefficient (Wildman–Crippen LogP) is 8.81. The molecular weight excluding hydrogens is 544 g/mol. The molecule has 10 heteroatoms. The van der Waals surface area contributed by atoms with E-state index in [0.29, 0.717) is 24.9 Å². The van der Waals surface area contributed by atoms with Crippen molar-refractivity contribution >= 4 is 45.0 Å². The van der Waals surface area contributed by atoms with Gasteiger partial charge in [-0.15, -0.1) is 20.5 Å². The monoisotopic (exact) mass is 586 g/mol. The van der Waals surface area contributed by atoms with Crippen LogP contribution in [-0.4, -0.2) is 31.2 Å².